The second-order valence-electron chi connectivity index (χ2n) is 4.91. The third-order valence-electron chi connectivity index (χ3n) is 3.12. The lowest BCUT2D eigenvalue weighted by atomic mass is 10.2. The van der Waals surface area contributed by atoms with Crippen LogP contribution in [0.3, 0.4) is 0 Å². The van der Waals surface area contributed by atoms with E-state index >= 15 is 0 Å². The second kappa shape index (κ2) is 7.80. The Kier molecular flexibility index (Phi) is 5.78. The van der Waals surface area contributed by atoms with Crippen LogP contribution in [0.15, 0.2) is 34.9 Å². The van der Waals surface area contributed by atoms with Crippen LogP contribution in [0, 0.1) is 0 Å². The zero-order valence-corrected chi connectivity index (χ0v) is 13.4. The molecule has 0 atom stereocenters. The highest BCUT2D eigenvalue weighted by atomic mass is 35.5. The predicted molar refractivity (Wildman–Crippen MR) is 88.6 cm³/mol. The lowest BCUT2D eigenvalue weighted by molar-refractivity contribution is 0.0953. The van der Waals surface area contributed by atoms with Gasteiger partial charge in [0, 0.05) is 12.2 Å². The molecule has 0 fully saturated rings. The highest BCUT2D eigenvalue weighted by molar-refractivity contribution is 6.34. The van der Waals surface area contributed by atoms with Crippen molar-refractivity contribution >= 4 is 29.1 Å². The fourth-order valence-corrected chi connectivity index (χ4v) is 2.19. The third kappa shape index (κ3) is 4.34. The molecule has 4 N–H and O–H groups in total. The number of furan rings is 1. The van der Waals surface area contributed by atoms with E-state index in [0.717, 1.165) is 6.42 Å². The summed E-state index contributed by atoms with van der Waals surface area (Å²) in [4.78, 5) is 24.0. The van der Waals surface area contributed by atoms with E-state index < -0.39 is 0 Å². The zero-order valence-electron chi connectivity index (χ0n) is 12.7. The summed E-state index contributed by atoms with van der Waals surface area (Å²) in [6, 6.07) is 6.30. The highest BCUT2D eigenvalue weighted by Gasteiger charge is 2.13. The van der Waals surface area contributed by atoms with Gasteiger partial charge in [-0.1, -0.05) is 18.5 Å². The van der Waals surface area contributed by atoms with Crippen molar-refractivity contribution in [2.24, 2.45) is 5.73 Å². The summed E-state index contributed by atoms with van der Waals surface area (Å²) in [7, 11) is 0. The number of hydrogen-bond acceptors (Lipinski definition) is 4. The minimum absolute atomic E-state index is 0.223. The molecule has 0 aliphatic carbocycles. The van der Waals surface area contributed by atoms with Crippen LogP contribution in [0.4, 0.5) is 5.69 Å². The maximum absolute atomic E-state index is 12.1. The molecule has 0 saturated carbocycles. The van der Waals surface area contributed by atoms with Crippen molar-refractivity contribution in [2.45, 2.75) is 19.9 Å². The molecule has 1 aromatic heterocycles. The Labute approximate surface area is 139 Å². The molecule has 1 heterocycles. The Morgan fingerprint density at radius 2 is 2.04 bits per heavy atom. The first kappa shape index (κ1) is 17.1. The number of carbonyl (C=O) groups is 2. The second-order valence-corrected chi connectivity index (χ2v) is 5.32. The number of anilines is 1. The monoisotopic (exact) mass is 335 g/mol. The number of benzene rings is 1. The molecule has 2 rings (SSSR count). The van der Waals surface area contributed by atoms with Gasteiger partial charge in [-0.3, -0.25) is 9.59 Å². The van der Waals surface area contributed by atoms with Crippen LogP contribution in [0.25, 0.3) is 0 Å². The normalized spacial score (nSPS) is 10.4. The summed E-state index contributed by atoms with van der Waals surface area (Å²) in [6.45, 7) is 2.77. The number of amides is 2. The lowest BCUT2D eigenvalue weighted by Crippen LogP contribution is -2.24. The molecule has 1 aromatic carbocycles. The summed E-state index contributed by atoms with van der Waals surface area (Å²) in [5.41, 5.74) is 6.66. The van der Waals surface area contributed by atoms with Crippen LogP contribution in [0.1, 0.15) is 39.8 Å². The van der Waals surface area contributed by atoms with Crippen LogP contribution < -0.4 is 16.4 Å². The van der Waals surface area contributed by atoms with E-state index in [1.807, 2.05) is 6.92 Å². The molecule has 2 aromatic rings. The molecule has 0 unspecified atom stereocenters. The molecule has 2 amide bonds. The molecule has 0 aliphatic rings. The van der Waals surface area contributed by atoms with E-state index in [1.165, 1.54) is 12.3 Å². The van der Waals surface area contributed by atoms with Gasteiger partial charge in [0.15, 0.2) is 0 Å². The fraction of sp³-hybridized carbons (Fsp3) is 0.250. The van der Waals surface area contributed by atoms with E-state index in [9.17, 15) is 9.59 Å². The standard InChI is InChI=1S/C16H18ClN3O3/c1-2-5-19-16(22)13-4-3-11(7-14(13)17)20-15(21)10-6-12(8-18)23-9-10/h3-4,6-7,9H,2,5,8,18H2,1H3,(H,19,22)(H,20,21). The Hall–Kier alpha value is -2.31. The first-order chi connectivity index (χ1) is 11.0. The van der Waals surface area contributed by atoms with Crippen molar-refractivity contribution in [3.8, 4) is 0 Å². The Morgan fingerprint density at radius 1 is 1.26 bits per heavy atom. The SMILES string of the molecule is CCCNC(=O)c1ccc(NC(=O)c2coc(CN)c2)cc1Cl. The first-order valence-corrected chi connectivity index (χ1v) is 7.59. The number of halogens is 1. The summed E-state index contributed by atoms with van der Waals surface area (Å²) < 4.78 is 5.12. The number of hydrogen-bond donors (Lipinski definition) is 3. The number of nitrogens with two attached hydrogens (primary N) is 1. The van der Waals surface area contributed by atoms with Crippen molar-refractivity contribution in [2.75, 3.05) is 11.9 Å². The quantitative estimate of drug-likeness (QED) is 0.756. The van der Waals surface area contributed by atoms with Gasteiger partial charge in [-0.2, -0.15) is 0 Å². The minimum atomic E-state index is -0.340. The average molecular weight is 336 g/mol. The average Bonchev–Trinajstić information content (AvgIpc) is 3.02. The number of nitrogens with one attached hydrogen (secondary N) is 2. The fourth-order valence-electron chi connectivity index (χ4n) is 1.92. The van der Waals surface area contributed by atoms with Gasteiger partial charge in [-0.15, -0.1) is 0 Å². The molecule has 0 radical (unpaired) electrons. The largest absolute Gasteiger partial charge is 0.467 e. The first-order valence-electron chi connectivity index (χ1n) is 7.21. The van der Waals surface area contributed by atoms with E-state index in [2.05, 4.69) is 10.6 Å². The summed E-state index contributed by atoms with van der Waals surface area (Å²) in [6.07, 6.45) is 2.18. The Bertz CT molecular complexity index is 712. The van der Waals surface area contributed by atoms with Crippen LogP contribution in [-0.4, -0.2) is 18.4 Å². The van der Waals surface area contributed by atoms with Gasteiger partial charge >= 0.3 is 0 Å². The Balaban J connectivity index is 2.08. The van der Waals surface area contributed by atoms with Gasteiger partial charge < -0.3 is 20.8 Å². The lowest BCUT2D eigenvalue weighted by Gasteiger charge is -2.08. The number of carbonyl (C=O) groups excluding carboxylic acids is 2. The van der Waals surface area contributed by atoms with E-state index in [4.69, 9.17) is 21.8 Å². The van der Waals surface area contributed by atoms with Crippen molar-refractivity contribution < 1.29 is 14.0 Å². The van der Waals surface area contributed by atoms with Crippen molar-refractivity contribution in [1.29, 1.82) is 0 Å². The molecular weight excluding hydrogens is 318 g/mol. The van der Waals surface area contributed by atoms with Crippen LogP contribution in [-0.2, 0) is 6.54 Å². The smallest absolute Gasteiger partial charge is 0.258 e. The highest BCUT2D eigenvalue weighted by Crippen LogP contribution is 2.22. The van der Waals surface area contributed by atoms with Gasteiger partial charge in [0.1, 0.15) is 12.0 Å². The molecule has 23 heavy (non-hydrogen) atoms. The maximum Gasteiger partial charge on any atom is 0.258 e. The topological polar surface area (TPSA) is 97.4 Å². The van der Waals surface area contributed by atoms with E-state index in [-0.39, 0.29) is 23.4 Å². The predicted octanol–water partition coefficient (Wildman–Crippen LogP) is 2.78. The van der Waals surface area contributed by atoms with Gasteiger partial charge in [-0.05, 0) is 30.7 Å². The molecule has 6 nitrogen and oxygen atoms in total. The maximum atomic E-state index is 12.1. The minimum Gasteiger partial charge on any atom is -0.467 e. The molecule has 0 aliphatic heterocycles. The van der Waals surface area contributed by atoms with Gasteiger partial charge in [0.25, 0.3) is 11.8 Å². The molecule has 7 heteroatoms. The van der Waals surface area contributed by atoms with Gasteiger partial charge in [-0.25, -0.2) is 0 Å². The Morgan fingerprint density at radius 3 is 2.65 bits per heavy atom. The summed E-state index contributed by atoms with van der Waals surface area (Å²) in [5.74, 6) is -0.0547. The zero-order chi connectivity index (χ0) is 16.8. The van der Waals surface area contributed by atoms with E-state index in [1.54, 1.807) is 18.2 Å². The number of rotatable bonds is 6. The van der Waals surface area contributed by atoms with Crippen LogP contribution >= 0.6 is 11.6 Å². The molecule has 0 bridgehead atoms. The van der Waals surface area contributed by atoms with Crippen molar-refractivity contribution in [3.63, 3.8) is 0 Å². The van der Waals surface area contributed by atoms with Crippen molar-refractivity contribution in [1.82, 2.24) is 5.32 Å². The van der Waals surface area contributed by atoms with Gasteiger partial charge in [0.2, 0.25) is 0 Å². The summed E-state index contributed by atoms with van der Waals surface area (Å²) >= 11 is 6.11. The molecule has 0 spiro atoms. The van der Waals surface area contributed by atoms with E-state index in [0.29, 0.717) is 29.1 Å². The third-order valence-corrected chi connectivity index (χ3v) is 3.44. The molecule has 0 saturated heterocycles. The van der Waals surface area contributed by atoms with Crippen molar-refractivity contribution in [3.05, 3.63) is 52.4 Å². The molecule has 122 valence electrons. The van der Waals surface area contributed by atoms with Gasteiger partial charge in [0.05, 0.1) is 22.7 Å². The van der Waals surface area contributed by atoms with Crippen LogP contribution in [0.5, 0.6) is 0 Å². The molecular formula is C16H18ClN3O3. The summed E-state index contributed by atoms with van der Waals surface area (Å²) in [5, 5.41) is 5.71. The van der Waals surface area contributed by atoms with Crippen LogP contribution in [0.2, 0.25) is 5.02 Å².